The number of anilines is 2. The summed E-state index contributed by atoms with van der Waals surface area (Å²) in [5, 5.41) is 0.478. The number of hydrogen-bond donors (Lipinski definition) is 2. The van der Waals surface area contributed by atoms with Crippen LogP contribution < -0.4 is 14.2 Å². The number of nitrogens with one attached hydrogen (secondary N) is 2. The van der Waals surface area contributed by atoms with Gasteiger partial charge in [-0.1, -0.05) is 35.9 Å². The van der Waals surface area contributed by atoms with Crippen molar-refractivity contribution in [1.82, 2.24) is 0 Å². The molecule has 0 unspecified atom stereocenters. The van der Waals surface area contributed by atoms with Gasteiger partial charge >= 0.3 is 0 Å². The highest BCUT2D eigenvalue weighted by molar-refractivity contribution is 7.93. The summed E-state index contributed by atoms with van der Waals surface area (Å²) in [5.74, 6) is 0.399. The zero-order chi connectivity index (χ0) is 23.9. The lowest BCUT2D eigenvalue weighted by molar-refractivity contribution is -0.0179. The molecule has 2 N–H and O–H groups in total. The topological polar surface area (TPSA) is 124 Å². The second kappa shape index (κ2) is 8.51. The van der Waals surface area contributed by atoms with E-state index >= 15 is 0 Å². The summed E-state index contributed by atoms with van der Waals surface area (Å²) in [7, 11) is -8.34. The summed E-state index contributed by atoms with van der Waals surface area (Å²) in [6, 6.07) is 16.9. The van der Waals surface area contributed by atoms with Crippen molar-refractivity contribution in [3.05, 3.63) is 77.3 Å². The van der Waals surface area contributed by atoms with Crippen molar-refractivity contribution in [2.24, 2.45) is 0 Å². The Kier molecular flexibility index (Phi) is 5.64. The predicted molar refractivity (Wildman–Crippen MR) is 126 cm³/mol. The lowest BCUT2D eigenvalue weighted by Crippen LogP contribution is -2.20. The second-order valence-corrected chi connectivity index (χ2v) is 11.0. The number of ether oxygens (including phenoxy) is 2. The molecule has 34 heavy (non-hydrogen) atoms. The summed E-state index contributed by atoms with van der Waals surface area (Å²) in [6.07, 6.45) is 0. The molecule has 4 aromatic rings. The third-order valence-electron chi connectivity index (χ3n) is 5.06. The first-order chi connectivity index (χ1) is 16.2. The van der Waals surface area contributed by atoms with Gasteiger partial charge in [-0.05, 0) is 36.4 Å². The number of furan rings is 1. The average Bonchev–Trinajstić information content (AvgIpc) is 3.26. The zero-order valence-corrected chi connectivity index (χ0v) is 19.7. The summed E-state index contributed by atoms with van der Waals surface area (Å²) < 4.78 is 73.3. The Morgan fingerprint density at radius 2 is 1.62 bits per heavy atom. The van der Waals surface area contributed by atoms with Gasteiger partial charge in [0.05, 0.1) is 22.9 Å². The molecule has 0 atom stereocenters. The number of halogens is 1. The molecule has 176 valence electrons. The Labute approximate surface area is 200 Å². The normalized spacial score (nSPS) is 13.8. The van der Waals surface area contributed by atoms with Crippen LogP contribution in [0.3, 0.4) is 0 Å². The fourth-order valence-electron chi connectivity index (χ4n) is 3.50. The third kappa shape index (κ3) is 4.30. The number of rotatable bonds is 6. The molecule has 0 bridgehead atoms. The van der Waals surface area contributed by atoms with Crippen molar-refractivity contribution in [2.45, 2.75) is 16.6 Å². The molecule has 5 rings (SSSR count). The van der Waals surface area contributed by atoms with Crippen molar-refractivity contribution < 1.29 is 30.7 Å². The number of sulfonamides is 2. The molecule has 0 saturated heterocycles. The van der Waals surface area contributed by atoms with Crippen molar-refractivity contribution in [3.63, 3.8) is 0 Å². The molecule has 0 amide bonds. The van der Waals surface area contributed by atoms with Gasteiger partial charge in [-0.2, -0.15) is 8.42 Å². The molecule has 0 spiro atoms. The van der Waals surface area contributed by atoms with Crippen LogP contribution in [0.5, 0.6) is 5.75 Å². The molecule has 0 fully saturated rings. The van der Waals surface area contributed by atoms with Crippen LogP contribution in [0.2, 0.25) is 5.02 Å². The predicted octanol–water partition coefficient (Wildman–Crippen LogP) is 4.55. The number of hydrogen-bond acceptors (Lipinski definition) is 7. The minimum atomic E-state index is -4.20. The van der Waals surface area contributed by atoms with E-state index in [0.717, 1.165) is 0 Å². The largest absolute Gasteiger partial charge is 0.467 e. The molecule has 1 aromatic heterocycles. The molecule has 0 aliphatic carbocycles. The number of benzene rings is 3. The summed E-state index contributed by atoms with van der Waals surface area (Å²) in [5.41, 5.74) is 0.654. The van der Waals surface area contributed by atoms with E-state index < -0.39 is 20.0 Å². The van der Waals surface area contributed by atoms with E-state index in [1.54, 1.807) is 36.4 Å². The highest BCUT2D eigenvalue weighted by Gasteiger charge is 2.26. The quantitative estimate of drug-likeness (QED) is 0.382. The minimum absolute atomic E-state index is 0.0227. The van der Waals surface area contributed by atoms with Gasteiger partial charge in [-0.25, -0.2) is 8.42 Å². The Balaban J connectivity index is 1.50. The van der Waals surface area contributed by atoms with Gasteiger partial charge in [0.25, 0.3) is 20.0 Å². The summed E-state index contributed by atoms with van der Waals surface area (Å²) >= 11 is 6.07. The van der Waals surface area contributed by atoms with Gasteiger partial charge in [0.1, 0.15) is 11.3 Å². The van der Waals surface area contributed by atoms with Gasteiger partial charge in [-0.15, -0.1) is 0 Å². The first-order valence-corrected chi connectivity index (χ1v) is 13.2. The average molecular weight is 521 g/mol. The van der Waals surface area contributed by atoms with E-state index in [0.29, 0.717) is 22.3 Å². The second-order valence-electron chi connectivity index (χ2n) is 7.35. The molecule has 0 saturated carbocycles. The maximum absolute atomic E-state index is 13.2. The molecule has 1 aliphatic heterocycles. The molecular formula is C22H17ClN2O7S2. The lowest BCUT2D eigenvalue weighted by Gasteiger charge is -2.21. The molecular weight excluding hydrogens is 504 g/mol. The van der Waals surface area contributed by atoms with Crippen molar-refractivity contribution in [2.75, 3.05) is 16.2 Å². The van der Waals surface area contributed by atoms with Crippen molar-refractivity contribution in [1.29, 1.82) is 0 Å². The van der Waals surface area contributed by atoms with E-state index in [1.165, 1.54) is 30.3 Å². The van der Waals surface area contributed by atoms with E-state index in [1.807, 2.05) is 0 Å². The molecule has 3 aromatic carbocycles. The van der Waals surface area contributed by atoms with Crippen LogP contribution in [-0.2, 0) is 31.4 Å². The van der Waals surface area contributed by atoms with Crippen LogP contribution >= 0.6 is 11.6 Å². The van der Waals surface area contributed by atoms with E-state index in [-0.39, 0.29) is 39.8 Å². The van der Waals surface area contributed by atoms with Gasteiger partial charge in [0, 0.05) is 22.0 Å². The molecule has 0 radical (unpaired) electrons. The van der Waals surface area contributed by atoms with Gasteiger partial charge < -0.3 is 13.9 Å². The SMILES string of the molecule is O=S(=O)(Nc1cc(Cl)ccc1NS(=O)(=O)c1cccc2c1COCO2)c1cc2ccccc2o1. The zero-order valence-electron chi connectivity index (χ0n) is 17.3. The fraction of sp³-hybridized carbons (Fsp3) is 0.0909. The van der Waals surface area contributed by atoms with Crippen LogP contribution in [0.1, 0.15) is 5.56 Å². The van der Waals surface area contributed by atoms with E-state index in [2.05, 4.69) is 9.44 Å². The van der Waals surface area contributed by atoms with Crippen LogP contribution in [0, 0.1) is 0 Å². The fourth-order valence-corrected chi connectivity index (χ4v) is 6.03. The molecule has 12 heteroatoms. The minimum Gasteiger partial charge on any atom is -0.467 e. The Morgan fingerprint density at radius 3 is 2.44 bits per heavy atom. The monoisotopic (exact) mass is 520 g/mol. The van der Waals surface area contributed by atoms with Crippen LogP contribution in [0.4, 0.5) is 11.4 Å². The summed E-state index contributed by atoms with van der Waals surface area (Å²) in [6.45, 7) is 0.0768. The maximum Gasteiger partial charge on any atom is 0.295 e. The Hall–Kier alpha value is -3.25. The van der Waals surface area contributed by atoms with Crippen LogP contribution in [0.15, 0.2) is 81.1 Å². The molecule has 1 aliphatic rings. The van der Waals surface area contributed by atoms with E-state index in [4.69, 9.17) is 25.5 Å². The smallest absolute Gasteiger partial charge is 0.295 e. The number of para-hydroxylation sites is 1. The third-order valence-corrected chi connectivity index (χ3v) is 7.97. The first-order valence-electron chi connectivity index (χ1n) is 9.89. The molecule has 9 nitrogen and oxygen atoms in total. The standard InChI is InChI=1S/C22H17ClN2O7S2/c23-15-8-9-17(24-33(26,27)21-7-3-6-20-16(21)12-30-13-31-20)18(11-15)25-34(28,29)22-10-14-4-1-2-5-19(14)32-22/h1-11,24-25H,12-13H2. The first kappa shape index (κ1) is 22.5. The van der Waals surface area contributed by atoms with Gasteiger partial charge in [0.15, 0.2) is 6.79 Å². The molecule has 2 heterocycles. The van der Waals surface area contributed by atoms with Crippen molar-refractivity contribution >= 4 is 54.0 Å². The summed E-state index contributed by atoms with van der Waals surface area (Å²) in [4.78, 5) is -0.0502. The Bertz CT molecular complexity index is 1580. The highest BCUT2D eigenvalue weighted by atomic mass is 35.5. The van der Waals surface area contributed by atoms with Crippen molar-refractivity contribution in [3.8, 4) is 5.75 Å². The van der Waals surface area contributed by atoms with Crippen LogP contribution in [-0.4, -0.2) is 23.6 Å². The van der Waals surface area contributed by atoms with Gasteiger partial charge in [0.2, 0.25) is 5.09 Å². The highest BCUT2D eigenvalue weighted by Crippen LogP contribution is 2.34. The lowest BCUT2D eigenvalue weighted by atomic mass is 10.2. The maximum atomic E-state index is 13.2. The van der Waals surface area contributed by atoms with E-state index in [9.17, 15) is 16.8 Å². The number of fused-ring (bicyclic) bond motifs is 2. The van der Waals surface area contributed by atoms with Crippen LogP contribution in [0.25, 0.3) is 11.0 Å². The Morgan fingerprint density at radius 1 is 0.824 bits per heavy atom. The van der Waals surface area contributed by atoms with Gasteiger partial charge in [-0.3, -0.25) is 9.44 Å².